The fraction of sp³-hybridized carbons (Fsp3) is 0.500. The van der Waals surface area contributed by atoms with Crippen molar-refractivity contribution in [1.29, 1.82) is 0 Å². The van der Waals surface area contributed by atoms with Crippen molar-refractivity contribution < 1.29 is 24.0 Å². The molecule has 25 heavy (non-hydrogen) atoms. The summed E-state index contributed by atoms with van der Waals surface area (Å²) in [5.74, 6) is -0.861. The van der Waals surface area contributed by atoms with Crippen LogP contribution in [0, 0.1) is 10.1 Å². The zero-order valence-corrected chi connectivity index (χ0v) is 14.7. The third-order valence-corrected chi connectivity index (χ3v) is 4.62. The molecule has 1 aromatic rings. The molecule has 1 N–H and O–H groups in total. The van der Waals surface area contributed by atoms with Gasteiger partial charge in [-0.1, -0.05) is 0 Å². The first kappa shape index (κ1) is 19.2. The number of hydrogen-bond acceptors (Lipinski definition) is 7. The zero-order chi connectivity index (χ0) is 18.2. The Bertz CT molecular complexity index is 646. The molecule has 8 nitrogen and oxygen atoms in total. The molecular formula is C16H20N2O6S. The largest absolute Gasteiger partial charge is 0.465 e. The van der Waals surface area contributed by atoms with Crippen LogP contribution in [0.5, 0.6) is 0 Å². The Morgan fingerprint density at radius 2 is 2.28 bits per heavy atom. The topological polar surface area (TPSA) is 108 Å². The second-order valence-electron chi connectivity index (χ2n) is 5.38. The number of amides is 1. The number of ether oxygens (including phenoxy) is 2. The summed E-state index contributed by atoms with van der Waals surface area (Å²) in [6.07, 6.45) is 1.86. The van der Waals surface area contributed by atoms with Crippen LogP contribution in [0.1, 0.15) is 30.1 Å². The lowest BCUT2D eigenvalue weighted by atomic mass is 10.2. The van der Waals surface area contributed by atoms with E-state index in [9.17, 15) is 19.7 Å². The fourth-order valence-corrected chi connectivity index (χ4v) is 3.18. The van der Waals surface area contributed by atoms with Crippen LogP contribution in [0.15, 0.2) is 23.1 Å². The summed E-state index contributed by atoms with van der Waals surface area (Å²) in [5, 5.41) is 14.0. The first-order chi connectivity index (χ1) is 12.0. The monoisotopic (exact) mass is 368 g/mol. The number of nitro groups is 1. The van der Waals surface area contributed by atoms with E-state index in [4.69, 9.17) is 9.47 Å². The minimum Gasteiger partial charge on any atom is -0.465 e. The molecule has 0 radical (unpaired) electrons. The molecule has 136 valence electrons. The number of rotatable bonds is 8. The summed E-state index contributed by atoms with van der Waals surface area (Å²) in [4.78, 5) is 34.6. The van der Waals surface area contributed by atoms with Gasteiger partial charge in [-0.3, -0.25) is 19.7 Å². The van der Waals surface area contributed by atoms with E-state index < -0.39 is 10.9 Å². The van der Waals surface area contributed by atoms with Crippen molar-refractivity contribution in [2.75, 3.05) is 25.5 Å². The minimum absolute atomic E-state index is 0.00153. The van der Waals surface area contributed by atoms with Gasteiger partial charge in [-0.25, -0.2) is 0 Å². The predicted molar refractivity (Wildman–Crippen MR) is 91.8 cm³/mol. The zero-order valence-electron chi connectivity index (χ0n) is 13.9. The fourth-order valence-electron chi connectivity index (χ4n) is 2.38. The van der Waals surface area contributed by atoms with E-state index in [-0.39, 0.29) is 35.6 Å². The highest BCUT2D eigenvalue weighted by molar-refractivity contribution is 8.00. The number of carbonyl (C=O) groups is 2. The van der Waals surface area contributed by atoms with Gasteiger partial charge in [0.1, 0.15) is 0 Å². The Balaban J connectivity index is 2.02. The van der Waals surface area contributed by atoms with Crippen molar-refractivity contribution in [3.05, 3.63) is 33.9 Å². The molecule has 2 rings (SSSR count). The third-order valence-electron chi connectivity index (χ3n) is 3.58. The summed E-state index contributed by atoms with van der Waals surface area (Å²) >= 11 is 1.01. The van der Waals surface area contributed by atoms with Crippen LogP contribution in [0.2, 0.25) is 0 Å². The number of benzene rings is 1. The molecule has 1 aliphatic rings. The number of esters is 1. The van der Waals surface area contributed by atoms with Crippen molar-refractivity contribution in [3.8, 4) is 0 Å². The lowest BCUT2D eigenvalue weighted by Gasteiger charge is -2.11. The SMILES string of the molecule is CCOC(=O)CSc1ccc(C(=O)NCC2CCCO2)cc1[N+](=O)[O-]. The van der Waals surface area contributed by atoms with Crippen LogP contribution in [0.3, 0.4) is 0 Å². The first-order valence-corrected chi connectivity index (χ1v) is 8.96. The molecule has 9 heteroatoms. The van der Waals surface area contributed by atoms with Crippen LogP contribution in [-0.4, -0.2) is 48.4 Å². The van der Waals surface area contributed by atoms with E-state index in [1.165, 1.54) is 18.2 Å². The maximum absolute atomic E-state index is 12.2. The van der Waals surface area contributed by atoms with Gasteiger partial charge < -0.3 is 14.8 Å². The van der Waals surface area contributed by atoms with Gasteiger partial charge in [-0.05, 0) is 31.9 Å². The van der Waals surface area contributed by atoms with E-state index in [0.717, 1.165) is 24.6 Å². The molecule has 0 spiro atoms. The van der Waals surface area contributed by atoms with E-state index in [2.05, 4.69) is 5.32 Å². The number of nitrogens with one attached hydrogen (secondary N) is 1. The van der Waals surface area contributed by atoms with Crippen molar-refractivity contribution in [2.24, 2.45) is 0 Å². The minimum atomic E-state index is -0.565. The average Bonchev–Trinajstić information content (AvgIpc) is 3.11. The highest BCUT2D eigenvalue weighted by atomic mass is 32.2. The summed E-state index contributed by atoms with van der Waals surface area (Å²) in [5.41, 5.74) is -0.00996. The second kappa shape index (κ2) is 9.38. The molecule has 0 bridgehead atoms. The summed E-state index contributed by atoms with van der Waals surface area (Å²) < 4.78 is 10.2. The van der Waals surface area contributed by atoms with Gasteiger partial charge in [0.05, 0.1) is 28.3 Å². The summed E-state index contributed by atoms with van der Waals surface area (Å²) in [7, 11) is 0. The summed E-state index contributed by atoms with van der Waals surface area (Å²) in [6.45, 7) is 3.02. The number of thioether (sulfide) groups is 1. The van der Waals surface area contributed by atoms with Gasteiger partial charge in [0.2, 0.25) is 0 Å². The first-order valence-electron chi connectivity index (χ1n) is 7.98. The molecule has 1 unspecified atom stereocenters. The Hall–Kier alpha value is -2.13. The van der Waals surface area contributed by atoms with Crippen LogP contribution >= 0.6 is 11.8 Å². The third kappa shape index (κ3) is 5.71. The second-order valence-corrected chi connectivity index (χ2v) is 6.40. The molecule has 1 heterocycles. The standard InChI is InChI=1S/C16H20N2O6S/c1-2-23-15(19)10-25-14-6-5-11(8-13(14)18(21)22)16(20)17-9-12-4-3-7-24-12/h5-6,8,12H,2-4,7,9-10H2,1H3,(H,17,20). The Morgan fingerprint density at radius 3 is 2.92 bits per heavy atom. The maximum Gasteiger partial charge on any atom is 0.316 e. The molecule has 1 fully saturated rings. The van der Waals surface area contributed by atoms with Gasteiger partial charge in [0.15, 0.2) is 0 Å². The van der Waals surface area contributed by atoms with Gasteiger partial charge >= 0.3 is 5.97 Å². The summed E-state index contributed by atoms with van der Waals surface area (Å²) in [6, 6.07) is 4.20. The molecule has 1 aromatic carbocycles. The highest BCUT2D eigenvalue weighted by Crippen LogP contribution is 2.30. The van der Waals surface area contributed by atoms with E-state index >= 15 is 0 Å². The number of carbonyl (C=O) groups excluding carboxylic acids is 2. The van der Waals surface area contributed by atoms with Crippen LogP contribution in [-0.2, 0) is 14.3 Å². The number of nitrogens with zero attached hydrogens (tertiary/aromatic N) is 1. The van der Waals surface area contributed by atoms with Crippen molar-refractivity contribution in [1.82, 2.24) is 5.32 Å². The van der Waals surface area contributed by atoms with E-state index in [1.807, 2.05) is 0 Å². The number of nitro benzene ring substituents is 1. The molecule has 0 aromatic heterocycles. The molecule has 1 saturated heterocycles. The molecule has 1 aliphatic heterocycles. The van der Waals surface area contributed by atoms with Crippen molar-refractivity contribution in [3.63, 3.8) is 0 Å². The quantitative estimate of drug-likeness (QED) is 0.324. The number of hydrogen-bond donors (Lipinski definition) is 1. The van der Waals surface area contributed by atoms with Crippen molar-refractivity contribution >= 4 is 29.3 Å². The lowest BCUT2D eigenvalue weighted by Crippen LogP contribution is -2.31. The van der Waals surface area contributed by atoms with Gasteiger partial charge in [0.25, 0.3) is 11.6 Å². The van der Waals surface area contributed by atoms with Gasteiger partial charge in [0, 0.05) is 24.8 Å². The van der Waals surface area contributed by atoms with E-state index in [1.54, 1.807) is 6.92 Å². The molecule has 0 saturated carbocycles. The molecule has 0 aliphatic carbocycles. The molecular weight excluding hydrogens is 348 g/mol. The smallest absolute Gasteiger partial charge is 0.316 e. The van der Waals surface area contributed by atoms with Crippen LogP contribution < -0.4 is 5.32 Å². The predicted octanol–water partition coefficient (Wildman–Crippen LogP) is 2.16. The van der Waals surface area contributed by atoms with Crippen molar-refractivity contribution in [2.45, 2.75) is 30.8 Å². The Morgan fingerprint density at radius 1 is 1.48 bits per heavy atom. The Kier molecular flexibility index (Phi) is 7.20. The molecule has 1 atom stereocenters. The Labute approximate surface area is 149 Å². The average molecular weight is 368 g/mol. The van der Waals surface area contributed by atoms with Gasteiger partial charge in [-0.2, -0.15) is 0 Å². The molecule has 1 amide bonds. The maximum atomic E-state index is 12.2. The van der Waals surface area contributed by atoms with Crippen LogP contribution in [0.25, 0.3) is 0 Å². The van der Waals surface area contributed by atoms with E-state index in [0.29, 0.717) is 18.0 Å². The lowest BCUT2D eigenvalue weighted by molar-refractivity contribution is -0.387. The van der Waals surface area contributed by atoms with Gasteiger partial charge in [-0.15, -0.1) is 11.8 Å². The normalized spacial score (nSPS) is 16.4. The van der Waals surface area contributed by atoms with Crippen LogP contribution in [0.4, 0.5) is 5.69 Å². The highest BCUT2D eigenvalue weighted by Gasteiger charge is 2.21.